The molecule has 0 spiro atoms. The zero-order chi connectivity index (χ0) is 31.3. The smallest absolute Gasteiger partial charge is 0.338 e. The van der Waals surface area contributed by atoms with E-state index in [4.69, 9.17) is 30.8 Å². The van der Waals surface area contributed by atoms with E-state index >= 15 is 0 Å². The molecule has 6 rings (SSSR count). The topological polar surface area (TPSA) is 79.1 Å². The summed E-state index contributed by atoms with van der Waals surface area (Å²) >= 11 is 7.52. The Kier molecular flexibility index (Phi) is 8.96. The SMILES string of the molecule is CCOC(=O)C1=C(c2ccccc2)N=c2s/c(=C\c3ccc(OCc4ccccc4Cl)cc3)c(=O)n2C1c1cccc(OC)c1. The number of fused-ring (bicyclic) bond motifs is 1. The lowest BCUT2D eigenvalue weighted by Crippen LogP contribution is -2.40. The van der Waals surface area contributed by atoms with Crippen LogP contribution in [0.2, 0.25) is 5.02 Å². The van der Waals surface area contributed by atoms with Gasteiger partial charge in [0.15, 0.2) is 4.80 Å². The second-order valence-corrected chi connectivity index (χ2v) is 11.6. The zero-order valence-corrected chi connectivity index (χ0v) is 26.2. The van der Waals surface area contributed by atoms with E-state index in [2.05, 4.69) is 0 Å². The molecule has 2 heterocycles. The summed E-state index contributed by atoms with van der Waals surface area (Å²) in [5.41, 5.74) is 3.65. The Bertz CT molecular complexity index is 2070. The number of hydrogen-bond donors (Lipinski definition) is 0. The first-order chi connectivity index (χ1) is 22.0. The highest BCUT2D eigenvalue weighted by Crippen LogP contribution is 2.36. The highest BCUT2D eigenvalue weighted by molar-refractivity contribution is 7.07. The molecule has 0 bridgehead atoms. The second kappa shape index (κ2) is 13.4. The van der Waals surface area contributed by atoms with Crippen molar-refractivity contribution in [3.63, 3.8) is 0 Å². The van der Waals surface area contributed by atoms with Crippen LogP contribution in [0.15, 0.2) is 118 Å². The third-order valence-electron chi connectivity index (χ3n) is 7.31. The molecule has 1 aliphatic rings. The van der Waals surface area contributed by atoms with E-state index in [1.807, 2.05) is 109 Å². The number of thiazole rings is 1. The van der Waals surface area contributed by atoms with Gasteiger partial charge in [0.25, 0.3) is 5.56 Å². The Morgan fingerprint density at radius 3 is 2.44 bits per heavy atom. The molecule has 45 heavy (non-hydrogen) atoms. The maximum absolute atomic E-state index is 14.1. The van der Waals surface area contributed by atoms with E-state index in [0.29, 0.717) is 43.7 Å². The summed E-state index contributed by atoms with van der Waals surface area (Å²) in [6.07, 6.45) is 1.82. The molecule has 0 amide bonds. The number of benzene rings is 4. The number of methoxy groups -OCH3 is 1. The number of rotatable bonds is 9. The Balaban J connectivity index is 1.45. The molecule has 7 nitrogen and oxygen atoms in total. The highest BCUT2D eigenvalue weighted by Gasteiger charge is 2.35. The molecule has 1 atom stereocenters. The van der Waals surface area contributed by atoms with Gasteiger partial charge in [-0.2, -0.15) is 0 Å². The molecule has 1 aliphatic heterocycles. The summed E-state index contributed by atoms with van der Waals surface area (Å²) in [6, 6.07) is 31.1. The lowest BCUT2D eigenvalue weighted by atomic mass is 9.93. The molecule has 0 saturated carbocycles. The van der Waals surface area contributed by atoms with Crippen LogP contribution in [0.3, 0.4) is 0 Å². The average Bonchev–Trinajstić information content (AvgIpc) is 3.38. The summed E-state index contributed by atoms with van der Waals surface area (Å²) in [6.45, 7) is 2.27. The van der Waals surface area contributed by atoms with Crippen molar-refractivity contribution in [1.82, 2.24) is 4.57 Å². The Morgan fingerprint density at radius 2 is 1.71 bits per heavy atom. The van der Waals surface area contributed by atoms with Crippen molar-refractivity contribution in [3.8, 4) is 11.5 Å². The number of esters is 1. The number of nitrogens with zero attached hydrogens (tertiary/aromatic N) is 2. The van der Waals surface area contributed by atoms with Crippen LogP contribution in [-0.4, -0.2) is 24.3 Å². The molecular weight excluding hydrogens is 608 g/mol. The number of carbonyl (C=O) groups excluding carboxylic acids is 1. The number of carbonyl (C=O) groups is 1. The summed E-state index contributed by atoms with van der Waals surface area (Å²) in [7, 11) is 1.58. The van der Waals surface area contributed by atoms with E-state index < -0.39 is 12.0 Å². The third kappa shape index (κ3) is 6.34. The predicted octanol–water partition coefficient (Wildman–Crippen LogP) is 6.18. The van der Waals surface area contributed by atoms with Gasteiger partial charge in [-0.05, 0) is 54.5 Å². The largest absolute Gasteiger partial charge is 0.497 e. The average molecular weight is 637 g/mol. The quantitative estimate of drug-likeness (QED) is 0.181. The Morgan fingerprint density at radius 1 is 0.956 bits per heavy atom. The molecule has 9 heteroatoms. The second-order valence-electron chi connectivity index (χ2n) is 10.2. The molecule has 5 aromatic rings. The van der Waals surface area contributed by atoms with Crippen LogP contribution < -0.4 is 24.4 Å². The minimum Gasteiger partial charge on any atom is -0.497 e. The number of ether oxygens (including phenoxy) is 3. The van der Waals surface area contributed by atoms with Gasteiger partial charge in [0, 0.05) is 16.1 Å². The van der Waals surface area contributed by atoms with Crippen molar-refractivity contribution in [2.75, 3.05) is 13.7 Å². The van der Waals surface area contributed by atoms with Crippen LogP contribution >= 0.6 is 22.9 Å². The summed E-state index contributed by atoms with van der Waals surface area (Å²) < 4.78 is 19.0. The first kappa shape index (κ1) is 30.1. The van der Waals surface area contributed by atoms with Crippen molar-refractivity contribution in [2.24, 2.45) is 4.99 Å². The van der Waals surface area contributed by atoms with Crippen LogP contribution in [0.5, 0.6) is 11.5 Å². The molecule has 0 radical (unpaired) electrons. The number of hydrogen-bond acceptors (Lipinski definition) is 7. The molecule has 0 saturated heterocycles. The van der Waals surface area contributed by atoms with Gasteiger partial charge in [-0.1, -0.05) is 95.7 Å². The molecule has 0 fully saturated rings. The van der Waals surface area contributed by atoms with E-state index in [0.717, 1.165) is 16.7 Å². The monoisotopic (exact) mass is 636 g/mol. The van der Waals surface area contributed by atoms with Crippen LogP contribution in [0, 0.1) is 0 Å². The molecular formula is C36H29ClN2O5S. The molecule has 1 unspecified atom stereocenters. The molecule has 1 aromatic heterocycles. The van der Waals surface area contributed by atoms with Gasteiger partial charge in [0.05, 0.1) is 35.6 Å². The fourth-order valence-corrected chi connectivity index (χ4v) is 6.35. The van der Waals surface area contributed by atoms with E-state index in [-0.39, 0.29) is 17.7 Å². The minimum absolute atomic E-state index is 0.178. The zero-order valence-electron chi connectivity index (χ0n) is 24.6. The lowest BCUT2D eigenvalue weighted by molar-refractivity contribution is -0.138. The van der Waals surface area contributed by atoms with Gasteiger partial charge in [0.2, 0.25) is 0 Å². The van der Waals surface area contributed by atoms with Crippen LogP contribution in [-0.2, 0) is 16.1 Å². The van der Waals surface area contributed by atoms with Crippen LogP contribution in [0.25, 0.3) is 11.8 Å². The lowest BCUT2D eigenvalue weighted by Gasteiger charge is -2.26. The number of halogens is 1. The summed E-state index contributed by atoms with van der Waals surface area (Å²) in [4.78, 5) is 33.1. The van der Waals surface area contributed by atoms with Crippen molar-refractivity contribution < 1.29 is 19.0 Å². The molecule has 4 aromatic carbocycles. The maximum atomic E-state index is 14.1. The maximum Gasteiger partial charge on any atom is 0.338 e. The van der Waals surface area contributed by atoms with E-state index in [1.54, 1.807) is 18.6 Å². The van der Waals surface area contributed by atoms with Gasteiger partial charge >= 0.3 is 5.97 Å². The standard InChI is InChI=1S/C36H29ClN2O5S/c1-3-43-35(41)31-32(24-10-5-4-6-11-24)38-36-39(33(31)25-13-9-14-28(21-25)42-2)34(40)30(45-36)20-23-16-18-27(19-17-23)44-22-26-12-7-8-15-29(26)37/h4-21,33H,3,22H2,1-2H3/b30-20-. The first-order valence-corrected chi connectivity index (χ1v) is 15.5. The van der Waals surface area contributed by atoms with E-state index in [1.165, 1.54) is 11.3 Å². The van der Waals surface area contributed by atoms with Crippen LogP contribution in [0.4, 0.5) is 0 Å². The summed E-state index contributed by atoms with van der Waals surface area (Å²) in [5.74, 6) is 0.751. The van der Waals surface area contributed by atoms with Gasteiger partial charge in [-0.25, -0.2) is 9.79 Å². The van der Waals surface area contributed by atoms with Gasteiger partial charge in [-0.15, -0.1) is 0 Å². The fourth-order valence-electron chi connectivity index (χ4n) is 5.16. The summed E-state index contributed by atoms with van der Waals surface area (Å²) in [5, 5.41) is 0.651. The predicted molar refractivity (Wildman–Crippen MR) is 176 cm³/mol. The first-order valence-electron chi connectivity index (χ1n) is 14.4. The molecule has 0 N–H and O–H groups in total. The van der Waals surface area contributed by atoms with Crippen LogP contribution in [0.1, 0.15) is 35.2 Å². The Labute approximate surface area is 268 Å². The van der Waals surface area contributed by atoms with Gasteiger partial charge < -0.3 is 14.2 Å². The molecule has 226 valence electrons. The van der Waals surface area contributed by atoms with Crippen molar-refractivity contribution in [2.45, 2.75) is 19.6 Å². The van der Waals surface area contributed by atoms with Crippen molar-refractivity contribution in [3.05, 3.63) is 156 Å². The number of aromatic nitrogens is 1. The Hall–Kier alpha value is -4.92. The minimum atomic E-state index is -0.784. The molecule has 0 aliphatic carbocycles. The van der Waals surface area contributed by atoms with Gasteiger partial charge in [-0.3, -0.25) is 9.36 Å². The van der Waals surface area contributed by atoms with Crippen molar-refractivity contribution in [1.29, 1.82) is 0 Å². The van der Waals surface area contributed by atoms with Gasteiger partial charge in [0.1, 0.15) is 18.1 Å². The normalized spacial score (nSPS) is 14.5. The van der Waals surface area contributed by atoms with E-state index in [9.17, 15) is 9.59 Å². The highest BCUT2D eigenvalue weighted by atomic mass is 35.5. The third-order valence-corrected chi connectivity index (χ3v) is 8.66. The van der Waals surface area contributed by atoms with Crippen molar-refractivity contribution >= 4 is 40.7 Å². The fraction of sp³-hybridized carbons (Fsp3) is 0.139.